The van der Waals surface area contributed by atoms with Crippen molar-refractivity contribution in [3.05, 3.63) is 35.4 Å². The molecule has 82 valence electrons. The second-order valence-electron chi connectivity index (χ2n) is 3.21. The van der Waals surface area contributed by atoms with E-state index in [9.17, 15) is 13.2 Å². The minimum absolute atomic E-state index is 0.636. The normalized spacial score (nSPS) is 12.1. The molecule has 0 amide bonds. The fraction of sp³-hybridized carbons (Fsp3) is 0.300. The molecule has 0 bridgehead atoms. The molecule has 0 aliphatic carbocycles. The molecule has 5 heteroatoms. The van der Waals surface area contributed by atoms with Crippen molar-refractivity contribution < 1.29 is 13.2 Å². The quantitative estimate of drug-likeness (QED) is 0.548. The highest BCUT2D eigenvalue weighted by Gasteiger charge is 2.29. The Morgan fingerprint density at radius 3 is 2.07 bits per heavy atom. The fourth-order valence-corrected chi connectivity index (χ4v) is 0.940. The molecule has 0 aliphatic rings. The van der Waals surface area contributed by atoms with E-state index < -0.39 is 11.7 Å². The van der Waals surface area contributed by atoms with Gasteiger partial charge in [-0.15, -0.1) is 0 Å². The molecule has 0 saturated carbocycles. The predicted molar refractivity (Wildman–Crippen MR) is 52.7 cm³/mol. The van der Waals surface area contributed by atoms with Gasteiger partial charge in [0.05, 0.1) is 11.8 Å². The summed E-state index contributed by atoms with van der Waals surface area (Å²) in [5.41, 5.74) is -0.0128. The number of rotatable bonds is 2. The van der Waals surface area contributed by atoms with Gasteiger partial charge in [-0.2, -0.15) is 18.3 Å². The average Bonchev–Trinajstić information content (AvgIpc) is 2.14. The maximum atomic E-state index is 12.2. The van der Waals surface area contributed by atoms with E-state index in [0.29, 0.717) is 5.56 Å². The largest absolute Gasteiger partial charge is 0.416 e. The summed E-state index contributed by atoms with van der Waals surface area (Å²) in [4.78, 5) is 0. The highest BCUT2D eigenvalue weighted by molar-refractivity contribution is 5.79. The molecule has 0 saturated heterocycles. The number of alkyl halides is 3. The van der Waals surface area contributed by atoms with Crippen LogP contribution in [0.15, 0.2) is 29.4 Å². The van der Waals surface area contributed by atoms with E-state index in [1.165, 1.54) is 18.3 Å². The Labute approximate surface area is 86.0 Å². The van der Waals surface area contributed by atoms with Gasteiger partial charge in [0.15, 0.2) is 0 Å². The molecule has 0 aliphatic heterocycles. The smallest absolute Gasteiger partial charge is 0.303 e. The van der Waals surface area contributed by atoms with Crippen LogP contribution in [0.4, 0.5) is 13.2 Å². The van der Waals surface area contributed by atoms with Gasteiger partial charge >= 0.3 is 6.18 Å². The molecule has 0 radical (unpaired) electrons. The lowest BCUT2D eigenvalue weighted by Crippen LogP contribution is -2.05. The van der Waals surface area contributed by atoms with Gasteiger partial charge in [0.2, 0.25) is 0 Å². The van der Waals surface area contributed by atoms with E-state index in [2.05, 4.69) is 5.10 Å². The lowest BCUT2D eigenvalue weighted by molar-refractivity contribution is -0.137. The number of nitrogens with zero attached hydrogens (tertiary/aromatic N) is 2. The number of hydrazone groups is 1. The van der Waals surface area contributed by atoms with Crippen molar-refractivity contribution in [2.45, 2.75) is 6.18 Å². The van der Waals surface area contributed by atoms with Crippen molar-refractivity contribution in [1.29, 1.82) is 0 Å². The molecular formula is C10H11F3N2. The maximum Gasteiger partial charge on any atom is 0.416 e. The number of halogens is 3. The fourth-order valence-electron chi connectivity index (χ4n) is 0.940. The lowest BCUT2D eigenvalue weighted by atomic mass is 10.1. The highest BCUT2D eigenvalue weighted by atomic mass is 19.4. The Morgan fingerprint density at radius 1 is 1.13 bits per heavy atom. The van der Waals surface area contributed by atoms with Gasteiger partial charge in [-0.25, -0.2) is 0 Å². The predicted octanol–water partition coefficient (Wildman–Crippen LogP) is 2.60. The summed E-state index contributed by atoms with van der Waals surface area (Å²) in [6.07, 6.45) is -2.78. The Bertz CT molecular complexity index is 339. The Balaban J connectivity index is 2.82. The van der Waals surface area contributed by atoms with Gasteiger partial charge in [-0.05, 0) is 17.7 Å². The van der Waals surface area contributed by atoms with E-state index in [-0.39, 0.29) is 0 Å². The summed E-state index contributed by atoms with van der Waals surface area (Å²) < 4.78 is 36.6. The van der Waals surface area contributed by atoms with E-state index in [4.69, 9.17) is 0 Å². The third-order valence-electron chi connectivity index (χ3n) is 1.68. The zero-order valence-electron chi connectivity index (χ0n) is 8.42. The number of hydrogen-bond donors (Lipinski definition) is 0. The van der Waals surface area contributed by atoms with Gasteiger partial charge in [0.25, 0.3) is 0 Å². The summed E-state index contributed by atoms with van der Waals surface area (Å²) in [7, 11) is 3.47. The molecule has 1 aromatic carbocycles. The zero-order valence-corrected chi connectivity index (χ0v) is 8.42. The van der Waals surface area contributed by atoms with Crippen LogP contribution >= 0.6 is 0 Å². The number of hydrogen-bond acceptors (Lipinski definition) is 2. The molecule has 0 aromatic heterocycles. The molecule has 1 aromatic rings. The monoisotopic (exact) mass is 216 g/mol. The first-order valence-corrected chi connectivity index (χ1v) is 4.28. The third-order valence-corrected chi connectivity index (χ3v) is 1.68. The summed E-state index contributed by atoms with van der Waals surface area (Å²) in [6, 6.07) is 4.85. The van der Waals surface area contributed by atoms with Crippen molar-refractivity contribution in [2.75, 3.05) is 14.1 Å². The molecule has 15 heavy (non-hydrogen) atoms. The van der Waals surface area contributed by atoms with Gasteiger partial charge in [-0.1, -0.05) is 12.1 Å². The molecule has 0 atom stereocenters. The SMILES string of the molecule is CN(C)/N=C/c1ccc(C(F)(F)F)cc1. The molecule has 0 N–H and O–H groups in total. The minimum atomic E-state index is -4.28. The molecule has 0 fully saturated rings. The van der Waals surface area contributed by atoms with Crippen molar-refractivity contribution in [3.8, 4) is 0 Å². The van der Waals surface area contributed by atoms with E-state index in [1.807, 2.05) is 0 Å². The van der Waals surface area contributed by atoms with Crippen LogP contribution in [0.2, 0.25) is 0 Å². The summed E-state index contributed by atoms with van der Waals surface area (Å²) in [5.74, 6) is 0. The molecule has 0 spiro atoms. The summed E-state index contributed by atoms with van der Waals surface area (Å²) in [6.45, 7) is 0. The van der Waals surface area contributed by atoms with Crippen molar-refractivity contribution in [2.24, 2.45) is 5.10 Å². The molecule has 2 nitrogen and oxygen atoms in total. The second kappa shape index (κ2) is 4.33. The van der Waals surface area contributed by atoms with Crippen LogP contribution in [-0.4, -0.2) is 25.3 Å². The van der Waals surface area contributed by atoms with Gasteiger partial charge in [0, 0.05) is 14.1 Å². The van der Waals surface area contributed by atoms with Crippen LogP contribution in [0, 0.1) is 0 Å². The summed E-state index contributed by atoms with van der Waals surface area (Å²) in [5, 5.41) is 5.48. The molecular weight excluding hydrogens is 205 g/mol. The van der Waals surface area contributed by atoms with Crippen LogP contribution in [-0.2, 0) is 6.18 Å². The first-order chi connectivity index (χ1) is 6.89. The maximum absolute atomic E-state index is 12.2. The van der Waals surface area contributed by atoms with Crippen molar-refractivity contribution in [1.82, 2.24) is 5.01 Å². The van der Waals surface area contributed by atoms with Gasteiger partial charge in [0.1, 0.15) is 0 Å². The van der Waals surface area contributed by atoms with E-state index in [0.717, 1.165) is 12.1 Å². The standard InChI is InChI=1S/C10H11F3N2/c1-15(2)14-7-8-3-5-9(6-4-8)10(11,12)13/h3-7H,1-2H3/b14-7+. The molecule has 1 rings (SSSR count). The summed E-state index contributed by atoms with van der Waals surface area (Å²) >= 11 is 0. The van der Waals surface area contributed by atoms with Gasteiger partial charge < -0.3 is 5.01 Å². The van der Waals surface area contributed by atoms with E-state index >= 15 is 0 Å². The second-order valence-corrected chi connectivity index (χ2v) is 3.21. The van der Waals surface area contributed by atoms with Crippen LogP contribution in [0.25, 0.3) is 0 Å². The van der Waals surface area contributed by atoms with Crippen LogP contribution in [0.3, 0.4) is 0 Å². The Kier molecular flexibility index (Phi) is 3.34. The molecule has 0 unspecified atom stereocenters. The first kappa shape index (κ1) is 11.6. The lowest BCUT2D eigenvalue weighted by Gasteiger charge is -2.06. The van der Waals surface area contributed by atoms with Crippen molar-refractivity contribution in [3.63, 3.8) is 0 Å². The minimum Gasteiger partial charge on any atom is -0.303 e. The highest BCUT2D eigenvalue weighted by Crippen LogP contribution is 2.28. The Morgan fingerprint density at radius 2 is 1.67 bits per heavy atom. The zero-order chi connectivity index (χ0) is 11.5. The van der Waals surface area contributed by atoms with Crippen molar-refractivity contribution >= 4 is 6.21 Å². The van der Waals surface area contributed by atoms with Crippen LogP contribution in [0.1, 0.15) is 11.1 Å². The van der Waals surface area contributed by atoms with Crippen LogP contribution < -0.4 is 0 Å². The van der Waals surface area contributed by atoms with Gasteiger partial charge in [-0.3, -0.25) is 0 Å². The topological polar surface area (TPSA) is 15.6 Å². The average molecular weight is 216 g/mol. The molecule has 0 heterocycles. The third kappa shape index (κ3) is 3.61. The van der Waals surface area contributed by atoms with E-state index in [1.54, 1.807) is 19.1 Å². The Hall–Kier alpha value is -1.52. The van der Waals surface area contributed by atoms with Crippen LogP contribution in [0.5, 0.6) is 0 Å². The number of benzene rings is 1. The first-order valence-electron chi connectivity index (χ1n) is 4.28.